The van der Waals surface area contributed by atoms with Crippen LogP contribution in [0.2, 0.25) is 0 Å². The molecule has 0 saturated heterocycles. The van der Waals surface area contributed by atoms with Crippen LogP contribution in [0.25, 0.3) is 11.1 Å². The number of fused-ring (bicyclic) bond motifs is 2. The number of para-hydroxylation sites is 1. The Labute approximate surface area is 279 Å². The number of benzene rings is 3. The quantitative estimate of drug-likeness (QED) is 0.171. The zero-order valence-corrected chi connectivity index (χ0v) is 26.6. The summed E-state index contributed by atoms with van der Waals surface area (Å²) in [7, 11) is 2.70. The number of ether oxygens (including phenoxy) is 1. The van der Waals surface area contributed by atoms with E-state index in [9.17, 15) is 43.2 Å². The minimum Gasteiger partial charge on any atom is -0.496 e. The molecule has 49 heavy (non-hydrogen) atoms. The number of amides is 2. The van der Waals surface area contributed by atoms with Crippen molar-refractivity contribution in [3.05, 3.63) is 107 Å². The van der Waals surface area contributed by atoms with E-state index in [0.717, 1.165) is 11.0 Å². The van der Waals surface area contributed by atoms with Gasteiger partial charge in [0.15, 0.2) is 0 Å². The summed E-state index contributed by atoms with van der Waals surface area (Å²) in [6, 6.07) is 19.7. The molecule has 0 radical (unpaired) electrons. The van der Waals surface area contributed by atoms with Crippen molar-refractivity contribution >= 4 is 17.5 Å². The van der Waals surface area contributed by atoms with Gasteiger partial charge in [0.2, 0.25) is 0 Å². The van der Waals surface area contributed by atoms with Crippen LogP contribution in [0.15, 0.2) is 78.9 Å². The third kappa shape index (κ3) is 7.19. The molecule has 260 valence electrons. The average molecular weight is 684 g/mol. The molecular weight excluding hydrogens is 647 g/mol. The number of nitrogens with zero attached hydrogens (tertiary/aromatic N) is 3. The van der Waals surface area contributed by atoms with Crippen molar-refractivity contribution in [2.75, 3.05) is 32.2 Å². The molecule has 0 aliphatic carbocycles. The van der Waals surface area contributed by atoms with E-state index in [1.807, 2.05) is 0 Å². The van der Waals surface area contributed by atoms with Crippen molar-refractivity contribution in [3.63, 3.8) is 0 Å². The lowest BCUT2D eigenvalue weighted by molar-refractivity contribution is -0.137. The Hall–Kier alpha value is -4.73. The van der Waals surface area contributed by atoms with Gasteiger partial charge in [-0.3, -0.25) is 9.59 Å². The Kier molecular flexibility index (Phi) is 10.5. The fraction of sp³-hybridized carbons (Fsp3) is 0.314. The van der Waals surface area contributed by atoms with Gasteiger partial charge in [0.05, 0.1) is 32.4 Å². The monoisotopic (exact) mass is 683 g/mol. The van der Waals surface area contributed by atoms with Crippen LogP contribution in [-0.2, 0) is 19.3 Å². The van der Waals surface area contributed by atoms with Crippen LogP contribution in [0.3, 0.4) is 0 Å². The first-order valence-electron chi connectivity index (χ1n) is 15.3. The highest BCUT2D eigenvalue weighted by Gasteiger charge is 2.35. The Morgan fingerprint density at radius 2 is 1.55 bits per heavy atom. The molecule has 4 atom stereocenters. The van der Waals surface area contributed by atoms with Crippen molar-refractivity contribution in [1.29, 1.82) is 0 Å². The van der Waals surface area contributed by atoms with Gasteiger partial charge in [-0.15, -0.1) is 0 Å². The lowest BCUT2D eigenvalue weighted by Gasteiger charge is -2.28. The van der Waals surface area contributed by atoms with Crippen molar-refractivity contribution in [3.8, 4) is 16.9 Å². The number of hydrogen-bond donors (Lipinski definition) is 5. The Morgan fingerprint density at radius 1 is 0.878 bits per heavy atom. The summed E-state index contributed by atoms with van der Waals surface area (Å²) in [6.45, 7) is -1.03. The minimum absolute atomic E-state index is 0.0282. The van der Waals surface area contributed by atoms with Crippen LogP contribution < -0.4 is 9.64 Å². The number of methoxy groups -OCH3 is 1. The van der Waals surface area contributed by atoms with Gasteiger partial charge in [0.1, 0.15) is 35.9 Å². The van der Waals surface area contributed by atoms with Gasteiger partial charge in [0.25, 0.3) is 11.8 Å². The number of alkyl halides is 3. The third-order valence-corrected chi connectivity index (χ3v) is 8.57. The van der Waals surface area contributed by atoms with Gasteiger partial charge in [-0.2, -0.15) is 13.2 Å². The fourth-order valence-electron chi connectivity index (χ4n) is 5.93. The second-order valence-electron chi connectivity index (χ2n) is 11.8. The highest BCUT2D eigenvalue weighted by atomic mass is 19.4. The number of aliphatic hydroxyl groups is 5. The zero-order valence-electron chi connectivity index (χ0n) is 26.6. The number of rotatable bonds is 10. The molecule has 1 aromatic heterocycles. The maximum absolute atomic E-state index is 14.1. The molecular formula is C35H36F3N3O8. The lowest BCUT2D eigenvalue weighted by atomic mass is 9.97. The molecule has 1 aliphatic heterocycles. The lowest BCUT2D eigenvalue weighted by Crippen LogP contribution is -2.50. The molecule has 0 unspecified atom stereocenters. The van der Waals surface area contributed by atoms with Crippen LogP contribution in [0, 0.1) is 0 Å². The summed E-state index contributed by atoms with van der Waals surface area (Å²) in [5, 5.41) is 49.2. The topological polar surface area (TPSA) is 156 Å². The highest BCUT2D eigenvalue weighted by Crippen LogP contribution is 2.41. The van der Waals surface area contributed by atoms with E-state index < -0.39 is 61.1 Å². The molecule has 3 aromatic carbocycles. The Balaban J connectivity index is 1.44. The maximum Gasteiger partial charge on any atom is 0.417 e. The van der Waals surface area contributed by atoms with E-state index in [2.05, 4.69) is 0 Å². The molecule has 0 fully saturated rings. The minimum atomic E-state index is -4.61. The van der Waals surface area contributed by atoms with Crippen LogP contribution in [0.1, 0.15) is 37.7 Å². The normalized spacial score (nSPS) is 15.3. The first-order valence-corrected chi connectivity index (χ1v) is 15.3. The maximum atomic E-state index is 14.1. The number of carbonyl (C=O) groups excluding carboxylic acids is 2. The molecule has 4 aromatic rings. The van der Waals surface area contributed by atoms with E-state index in [4.69, 9.17) is 9.84 Å². The van der Waals surface area contributed by atoms with Gasteiger partial charge in [-0.1, -0.05) is 36.4 Å². The van der Waals surface area contributed by atoms with E-state index >= 15 is 0 Å². The molecule has 2 amide bonds. The summed E-state index contributed by atoms with van der Waals surface area (Å²) in [5.41, 5.74) is 1.46. The molecule has 0 bridgehead atoms. The van der Waals surface area contributed by atoms with Crippen molar-refractivity contribution < 1.29 is 53.0 Å². The molecule has 11 nitrogen and oxygen atoms in total. The summed E-state index contributed by atoms with van der Waals surface area (Å²) in [6.07, 6.45) is -11.6. The zero-order chi connectivity index (χ0) is 35.6. The number of aromatic nitrogens is 1. The standard InChI is InChI=1S/C35H36F3N3O8/c1-39(18-28(43)31(45)32(46)29(44)19-42)34(48)27-14-12-22-17-41(26-10-6-3-7-21(26)16-40(22)27)33(47)20-11-13-24(30(15-20)49-2)23-8-4-5-9-25(23)35(36,37)38/h3-15,28-29,31-32,42-46H,16-19H2,1-2H3/t28-,29+,31+,32-/m1/s1. The number of anilines is 1. The van der Waals surface area contributed by atoms with E-state index in [1.165, 1.54) is 55.5 Å². The van der Waals surface area contributed by atoms with Gasteiger partial charge in [-0.25, -0.2) is 0 Å². The summed E-state index contributed by atoms with van der Waals surface area (Å²) in [4.78, 5) is 30.3. The van der Waals surface area contributed by atoms with Crippen LogP contribution >= 0.6 is 0 Å². The van der Waals surface area contributed by atoms with E-state index in [-0.39, 0.29) is 41.2 Å². The summed E-state index contributed by atoms with van der Waals surface area (Å²) < 4.78 is 48.6. The number of halogens is 3. The first kappa shape index (κ1) is 35.6. The predicted octanol–water partition coefficient (Wildman–Crippen LogP) is 2.90. The van der Waals surface area contributed by atoms with Crippen LogP contribution in [-0.4, -0.2) is 98.5 Å². The Morgan fingerprint density at radius 3 is 2.24 bits per heavy atom. The summed E-state index contributed by atoms with van der Waals surface area (Å²) in [5.74, 6) is -0.913. The first-order chi connectivity index (χ1) is 23.3. The van der Waals surface area contributed by atoms with Crippen LogP contribution in [0.5, 0.6) is 5.75 Å². The van der Waals surface area contributed by atoms with Gasteiger partial charge < -0.3 is 44.6 Å². The number of carbonyl (C=O) groups is 2. The highest BCUT2D eigenvalue weighted by molar-refractivity contribution is 6.07. The number of likely N-dealkylation sites (N-methyl/N-ethyl adjacent to an activating group) is 1. The molecule has 0 spiro atoms. The SMILES string of the molecule is COc1cc(C(=O)N2Cc3ccc(C(=O)N(C)C[C@@H](O)[C@H](O)[C@H](O)[C@@H](O)CO)n3Cc3ccccc32)ccc1-c1ccccc1C(F)(F)F. The smallest absolute Gasteiger partial charge is 0.417 e. The van der Waals surface area contributed by atoms with Gasteiger partial charge in [0, 0.05) is 36.1 Å². The Bertz CT molecular complexity index is 1830. The third-order valence-electron chi connectivity index (χ3n) is 8.57. The molecule has 5 N–H and O–H groups in total. The van der Waals surface area contributed by atoms with Crippen molar-refractivity contribution in [2.24, 2.45) is 0 Å². The molecule has 1 aliphatic rings. The second kappa shape index (κ2) is 14.4. The molecule has 0 saturated carbocycles. The number of hydrogen-bond acceptors (Lipinski definition) is 8. The van der Waals surface area contributed by atoms with Gasteiger partial charge in [-0.05, 0) is 53.6 Å². The van der Waals surface area contributed by atoms with Gasteiger partial charge >= 0.3 is 6.18 Å². The fourth-order valence-corrected chi connectivity index (χ4v) is 5.93. The van der Waals surface area contributed by atoms with Crippen molar-refractivity contribution in [2.45, 2.75) is 43.7 Å². The van der Waals surface area contributed by atoms with E-state index in [1.54, 1.807) is 41.0 Å². The molecule has 14 heteroatoms. The molecule has 2 heterocycles. The largest absolute Gasteiger partial charge is 0.496 e. The van der Waals surface area contributed by atoms with Crippen molar-refractivity contribution in [1.82, 2.24) is 9.47 Å². The van der Waals surface area contributed by atoms with E-state index in [0.29, 0.717) is 16.9 Å². The second-order valence-corrected chi connectivity index (χ2v) is 11.8. The number of aliphatic hydroxyl groups excluding tert-OH is 5. The summed E-state index contributed by atoms with van der Waals surface area (Å²) >= 11 is 0. The van der Waals surface area contributed by atoms with Crippen LogP contribution in [0.4, 0.5) is 18.9 Å². The average Bonchev–Trinajstić information content (AvgIpc) is 3.41. The molecule has 5 rings (SSSR count). The predicted molar refractivity (Wildman–Crippen MR) is 172 cm³/mol.